The molecule has 0 unspecified atom stereocenters. The van der Waals surface area contributed by atoms with Crippen LogP contribution >= 0.6 is 0 Å². The molecule has 1 aromatic carbocycles. The molecule has 4 nitrogen and oxygen atoms in total. The van der Waals surface area contributed by atoms with Crippen LogP contribution in [0.3, 0.4) is 0 Å². The van der Waals surface area contributed by atoms with Gasteiger partial charge in [0.15, 0.2) is 0 Å². The second kappa shape index (κ2) is 7.10. The van der Waals surface area contributed by atoms with Crippen molar-refractivity contribution in [2.75, 3.05) is 32.8 Å². The van der Waals surface area contributed by atoms with Crippen molar-refractivity contribution in [3.05, 3.63) is 54.2 Å². The van der Waals surface area contributed by atoms with Crippen LogP contribution in [0.25, 0.3) is 11.3 Å². The van der Waals surface area contributed by atoms with Gasteiger partial charge < -0.3 is 4.74 Å². The minimum absolute atomic E-state index is 0.580. The molecule has 1 aromatic heterocycles. The molecule has 4 heteroatoms. The number of benzene rings is 1. The van der Waals surface area contributed by atoms with Crippen molar-refractivity contribution in [3.63, 3.8) is 0 Å². The molecular formula is C22H27N3O. The fraction of sp³-hybridized carbons (Fsp3) is 0.500. The molecule has 0 amide bonds. The van der Waals surface area contributed by atoms with Gasteiger partial charge in [0.2, 0.25) is 0 Å². The van der Waals surface area contributed by atoms with Gasteiger partial charge in [-0.05, 0) is 36.5 Å². The minimum Gasteiger partial charge on any atom is -0.378 e. The fourth-order valence-electron chi connectivity index (χ4n) is 4.54. The summed E-state index contributed by atoms with van der Waals surface area (Å²) in [5.41, 5.74) is 3.61. The average Bonchev–Trinajstić information content (AvgIpc) is 3.54. The van der Waals surface area contributed by atoms with Crippen LogP contribution in [0.1, 0.15) is 18.4 Å². The van der Waals surface area contributed by atoms with Crippen LogP contribution in [0, 0.1) is 5.92 Å². The normalized spacial score (nSPS) is 27.2. The van der Waals surface area contributed by atoms with Gasteiger partial charge in [0.25, 0.3) is 0 Å². The van der Waals surface area contributed by atoms with E-state index in [1.165, 1.54) is 37.1 Å². The van der Waals surface area contributed by atoms with Crippen LogP contribution in [0.15, 0.2) is 48.7 Å². The van der Waals surface area contributed by atoms with Crippen molar-refractivity contribution in [1.29, 1.82) is 0 Å². The van der Waals surface area contributed by atoms with Crippen LogP contribution in [0.2, 0.25) is 0 Å². The number of fused-ring (bicyclic) bond motifs is 1. The maximum absolute atomic E-state index is 5.94. The van der Waals surface area contributed by atoms with Crippen LogP contribution < -0.4 is 0 Å². The number of pyridine rings is 1. The molecule has 1 aliphatic carbocycles. The van der Waals surface area contributed by atoms with E-state index in [9.17, 15) is 0 Å². The maximum atomic E-state index is 5.94. The molecule has 0 N–H and O–H groups in total. The Morgan fingerprint density at radius 1 is 1.00 bits per heavy atom. The van der Waals surface area contributed by atoms with Gasteiger partial charge in [-0.3, -0.25) is 14.8 Å². The highest BCUT2D eigenvalue weighted by Crippen LogP contribution is 2.38. The Labute approximate surface area is 155 Å². The van der Waals surface area contributed by atoms with Crippen molar-refractivity contribution >= 4 is 0 Å². The smallest absolute Gasteiger partial charge is 0.0701 e. The summed E-state index contributed by atoms with van der Waals surface area (Å²) >= 11 is 0. The highest BCUT2D eigenvalue weighted by Gasteiger charge is 2.42. The van der Waals surface area contributed by atoms with Gasteiger partial charge in [-0.2, -0.15) is 0 Å². The summed E-state index contributed by atoms with van der Waals surface area (Å²) in [5.74, 6) is 0.906. The average molecular weight is 349 g/mol. The Bertz CT molecular complexity index is 729. The second-order valence-corrected chi connectivity index (χ2v) is 7.98. The molecule has 3 aliphatic rings. The number of ether oxygens (including phenoxy) is 1. The molecule has 0 bridgehead atoms. The zero-order valence-electron chi connectivity index (χ0n) is 15.3. The first kappa shape index (κ1) is 16.4. The topological polar surface area (TPSA) is 28.6 Å². The van der Waals surface area contributed by atoms with E-state index in [2.05, 4.69) is 45.1 Å². The van der Waals surface area contributed by atoms with Crippen LogP contribution in [0.5, 0.6) is 0 Å². The Morgan fingerprint density at radius 2 is 1.88 bits per heavy atom. The van der Waals surface area contributed by atoms with E-state index in [-0.39, 0.29) is 0 Å². The fourth-order valence-corrected chi connectivity index (χ4v) is 4.54. The SMILES string of the molecule is c1ccc(-c2ccc(CN3CCN4[C@@H](COC[C@@H]4C4CC4)C3)cc2)nc1. The Balaban J connectivity index is 1.22. The van der Waals surface area contributed by atoms with E-state index in [4.69, 9.17) is 4.74 Å². The van der Waals surface area contributed by atoms with Gasteiger partial charge in [-0.25, -0.2) is 0 Å². The number of morpholine rings is 1. The number of rotatable bonds is 4. The number of aromatic nitrogens is 1. The summed E-state index contributed by atoms with van der Waals surface area (Å²) in [6, 6.07) is 16.2. The zero-order valence-corrected chi connectivity index (χ0v) is 15.3. The number of nitrogens with zero attached hydrogens (tertiary/aromatic N) is 3. The third kappa shape index (κ3) is 3.41. The Kier molecular flexibility index (Phi) is 4.49. The number of hydrogen-bond acceptors (Lipinski definition) is 4. The summed E-state index contributed by atoms with van der Waals surface area (Å²) in [5, 5.41) is 0. The second-order valence-electron chi connectivity index (χ2n) is 7.98. The number of piperazine rings is 1. The molecule has 2 aromatic rings. The van der Waals surface area contributed by atoms with Crippen molar-refractivity contribution < 1.29 is 4.74 Å². The molecule has 26 heavy (non-hydrogen) atoms. The standard InChI is InChI=1S/C22H27N3O/c1-2-10-23-21(3-1)18-6-4-17(5-7-18)13-24-11-12-25-20(14-24)15-26-16-22(25)19-8-9-19/h1-7,10,19-20,22H,8-9,11-16H2/t20-,22-/m1/s1. The molecule has 2 atom stereocenters. The monoisotopic (exact) mass is 349 g/mol. The summed E-state index contributed by atoms with van der Waals surface area (Å²) in [6.45, 7) is 6.38. The highest BCUT2D eigenvalue weighted by atomic mass is 16.5. The van der Waals surface area contributed by atoms with Crippen molar-refractivity contribution in [2.24, 2.45) is 5.92 Å². The molecule has 5 rings (SSSR count). The molecular weight excluding hydrogens is 322 g/mol. The lowest BCUT2D eigenvalue weighted by Crippen LogP contribution is -2.62. The van der Waals surface area contributed by atoms with Crippen LogP contribution in [-0.4, -0.2) is 59.7 Å². The Morgan fingerprint density at radius 3 is 2.65 bits per heavy atom. The van der Waals surface area contributed by atoms with Gasteiger partial charge in [-0.1, -0.05) is 30.3 Å². The Hall–Kier alpha value is -1.75. The lowest BCUT2D eigenvalue weighted by Gasteiger charge is -2.48. The molecule has 2 aliphatic heterocycles. The van der Waals surface area contributed by atoms with Crippen LogP contribution in [-0.2, 0) is 11.3 Å². The summed E-state index contributed by atoms with van der Waals surface area (Å²) in [6.07, 6.45) is 4.66. The third-order valence-electron chi connectivity index (χ3n) is 6.12. The van der Waals surface area contributed by atoms with Gasteiger partial charge in [0.1, 0.15) is 0 Å². The van der Waals surface area contributed by atoms with Gasteiger partial charge >= 0.3 is 0 Å². The third-order valence-corrected chi connectivity index (χ3v) is 6.12. The maximum Gasteiger partial charge on any atom is 0.0701 e. The van der Waals surface area contributed by atoms with Crippen molar-refractivity contribution in [2.45, 2.75) is 31.5 Å². The highest BCUT2D eigenvalue weighted by molar-refractivity contribution is 5.58. The summed E-state index contributed by atoms with van der Waals surface area (Å²) in [7, 11) is 0. The molecule has 3 heterocycles. The first-order valence-corrected chi connectivity index (χ1v) is 9.93. The predicted molar refractivity (Wildman–Crippen MR) is 103 cm³/mol. The minimum atomic E-state index is 0.580. The molecule has 3 fully saturated rings. The summed E-state index contributed by atoms with van der Waals surface area (Å²) < 4.78 is 5.94. The van der Waals surface area contributed by atoms with Crippen molar-refractivity contribution in [3.8, 4) is 11.3 Å². The van der Waals surface area contributed by atoms with E-state index >= 15 is 0 Å². The van der Waals surface area contributed by atoms with Crippen molar-refractivity contribution in [1.82, 2.24) is 14.8 Å². The first-order chi connectivity index (χ1) is 12.9. The molecule has 1 saturated carbocycles. The number of hydrogen-bond donors (Lipinski definition) is 0. The molecule has 2 saturated heterocycles. The predicted octanol–water partition coefficient (Wildman–Crippen LogP) is 3.04. The van der Waals surface area contributed by atoms with E-state index in [1.54, 1.807) is 0 Å². The van der Waals surface area contributed by atoms with Gasteiger partial charge in [0.05, 0.1) is 18.9 Å². The van der Waals surface area contributed by atoms with E-state index in [0.717, 1.165) is 37.9 Å². The van der Waals surface area contributed by atoms with Crippen LogP contribution in [0.4, 0.5) is 0 Å². The van der Waals surface area contributed by atoms with Gasteiger partial charge in [0, 0.05) is 50.0 Å². The van der Waals surface area contributed by atoms with Gasteiger partial charge in [-0.15, -0.1) is 0 Å². The molecule has 136 valence electrons. The summed E-state index contributed by atoms with van der Waals surface area (Å²) in [4.78, 5) is 9.78. The van der Waals surface area contributed by atoms with E-state index in [0.29, 0.717) is 12.1 Å². The van der Waals surface area contributed by atoms with E-state index < -0.39 is 0 Å². The first-order valence-electron chi connectivity index (χ1n) is 9.93. The quantitative estimate of drug-likeness (QED) is 0.848. The largest absolute Gasteiger partial charge is 0.378 e. The lowest BCUT2D eigenvalue weighted by molar-refractivity contribution is -0.0880. The van der Waals surface area contributed by atoms with E-state index in [1.807, 2.05) is 18.3 Å². The molecule has 0 spiro atoms. The zero-order chi connectivity index (χ0) is 17.3. The molecule has 0 radical (unpaired) electrons. The lowest BCUT2D eigenvalue weighted by atomic mass is 10.0.